The first-order valence-electron chi connectivity index (χ1n) is 10.2. The van der Waals surface area contributed by atoms with E-state index in [4.69, 9.17) is 15.2 Å². The van der Waals surface area contributed by atoms with Crippen molar-refractivity contribution in [1.82, 2.24) is 9.80 Å². The van der Waals surface area contributed by atoms with Crippen molar-refractivity contribution in [1.29, 1.82) is 0 Å². The molecule has 0 bridgehead atoms. The number of rotatable bonds is 3. The molecule has 0 spiro atoms. The average Bonchev–Trinajstić information content (AvgIpc) is 2.67. The molecule has 0 aliphatic carbocycles. The summed E-state index contributed by atoms with van der Waals surface area (Å²) in [5.41, 5.74) is 7.33. The second kappa shape index (κ2) is 10.4. The molecule has 0 atom stereocenters. The maximum Gasteiger partial charge on any atom is 0.410 e. The van der Waals surface area contributed by atoms with Gasteiger partial charge in [-0.2, -0.15) is 0 Å². The Morgan fingerprint density at radius 1 is 1.07 bits per heavy atom. The van der Waals surface area contributed by atoms with E-state index in [-0.39, 0.29) is 43.8 Å². The van der Waals surface area contributed by atoms with Crippen LogP contribution in [0.3, 0.4) is 0 Å². The Bertz CT molecular complexity index is 679. The Kier molecular flexibility index (Phi) is 8.76. The number of carbonyl (C=O) groups excluding carboxylic acids is 1. The second-order valence-electron chi connectivity index (χ2n) is 8.65. The smallest absolute Gasteiger partial charge is 0.410 e. The molecule has 0 saturated carbocycles. The summed E-state index contributed by atoms with van der Waals surface area (Å²) in [4.78, 5) is 19.0. The zero-order chi connectivity index (χ0) is 20.3. The molecular formula is C21H34ArN4O3. The van der Waals surface area contributed by atoms with Crippen LogP contribution < -0.4 is 15.4 Å². The first-order valence-corrected chi connectivity index (χ1v) is 10.2. The number of piperazine rings is 1. The van der Waals surface area contributed by atoms with Gasteiger partial charge in [0.2, 0.25) is 0 Å². The summed E-state index contributed by atoms with van der Waals surface area (Å²) in [5.74, 6) is 0.734. The molecule has 2 heterocycles. The Labute approximate surface area is 204 Å². The summed E-state index contributed by atoms with van der Waals surface area (Å²) < 4.78 is 10.8. The van der Waals surface area contributed by atoms with Crippen LogP contribution in [0.5, 0.6) is 5.75 Å². The molecule has 2 aliphatic rings. The predicted octanol–water partition coefficient (Wildman–Crippen LogP) is 2.80. The molecule has 3 rings (SSSR count). The van der Waals surface area contributed by atoms with E-state index in [2.05, 4.69) is 15.9 Å². The largest absolute Gasteiger partial charge is 0.495 e. The van der Waals surface area contributed by atoms with E-state index in [9.17, 15) is 4.79 Å². The van der Waals surface area contributed by atoms with Gasteiger partial charge in [0, 0.05) is 94.8 Å². The summed E-state index contributed by atoms with van der Waals surface area (Å²) in [6, 6.07) is 6.58. The van der Waals surface area contributed by atoms with Gasteiger partial charge in [0.15, 0.2) is 0 Å². The number of hydrogen-bond donors (Lipinski definition) is 1. The number of nitrogens with two attached hydrogens (primary N) is 1. The molecule has 1 aromatic carbocycles. The number of nitrogens with zero attached hydrogens (tertiary/aromatic N) is 3. The molecule has 8 heteroatoms. The number of hydrogen-bond acceptors (Lipinski definition) is 6. The monoisotopic (exact) mass is 430 g/mol. The molecule has 0 radical (unpaired) electrons. The maximum atomic E-state index is 12.2. The molecule has 7 nitrogen and oxygen atoms in total. The van der Waals surface area contributed by atoms with Gasteiger partial charge in [0.25, 0.3) is 0 Å². The zero-order valence-corrected chi connectivity index (χ0v) is 18.7. The van der Waals surface area contributed by atoms with E-state index in [0.29, 0.717) is 11.7 Å². The molecule has 164 valence electrons. The van der Waals surface area contributed by atoms with Crippen molar-refractivity contribution in [3.05, 3.63) is 18.2 Å². The third-order valence-electron chi connectivity index (χ3n) is 5.53. The fraction of sp³-hybridized carbons (Fsp3) is 0.667. The third kappa shape index (κ3) is 6.54. The number of anilines is 2. The van der Waals surface area contributed by atoms with Gasteiger partial charge in [-0.1, -0.05) is 0 Å². The number of piperidine rings is 1. The fourth-order valence-corrected chi connectivity index (χ4v) is 3.98. The van der Waals surface area contributed by atoms with Crippen LogP contribution in [0.2, 0.25) is 0 Å². The molecular weight excluding hydrogens is 396 g/mol. The first kappa shape index (κ1) is 24.4. The predicted molar refractivity (Wildman–Crippen MR) is 112 cm³/mol. The molecule has 0 aromatic heterocycles. The number of ether oxygens (including phenoxy) is 2. The second-order valence-corrected chi connectivity index (χ2v) is 8.65. The average molecular weight is 430 g/mol. The van der Waals surface area contributed by atoms with Gasteiger partial charge < -0.3 is 25.0 Å². The van der Waals surface area contributed by atoms with Gasteiger partial charge in [-0.15, -0.1) is 0 Å². The van der Waals surface area contributed by atoms with Crippen LogP contribution in [-0.2, 0) is 4.74 Å². The maximum absolute atomic E-state index is 12.2. The number of benzene rings is 1. The topological polar surface area (TPSA) is 71.3 Å². The summed E-state index contributed by atoms with van der Waals surface area (Å²) in [7, 11) is 1.65. The SMILES string of the molecule is COc1cc(N2CCC(N3CCN(C(=O)OC(C)(C)C)CC3)CC2)ccc1N.[Ar]. The Morgan fingerprint density at radius 2 is 1.69 bits per heavy atom. The number of amides is 1. The van der Waals surface area contributed by atoms with Crippen molar-refractivity contribution in [3.8, 4) is 5.75 Å². The quantitative estimate of drug-likeness (QED) is 0.744. The van der Waals surface area contributed by atoms with E-state index in [1.807, 2.05) is 37.8 Å². The van der Waals surface area contributed by atoms with Crippen molar-refractivity contribution in [3.63, 3.8) is 0 Å². The molecule has 1 amide bonds. The molecule has 1 aromatic rings. The van der Waals surface area contributed by atoms with Crippen LogP contribution in [-0.4, -0.2) is 73.9 Å². The van der Waals surface area contributed by atoms with Crippen molar-refractivity contribution in [2.75, 3.05) is 57.0 Å². The van der Waals surface area contributed by atoms with Gasteiger partial charge in [-0.25, -0.2) is 4.79 Å². The number of methoxy groups -OCH3 is 1. The van der Waals surface area contributed by atoms with Crippen LogP contribution in [0.4, 0.5) is 16.2 Å². The van der Waals surface area contributed by atoms with Gasteiger partial charge >= 0.3 is 6.09 Å². The van der Waals surface area contributed by atoms with Gasteiger partial charge in [-0.3, -0.25) is 4.90 Å². The van der Waals surface area contributed by atoms with Crippen molar-refractivity contribution in [2.45, 2.75) is 45.3 Å². The number of nitrogen functional groups attached to an aromatic ring is 1. The van der Waals surface area contributed by atoms with Crippen molar-refractivity contribution >= 4 is 17.5 Å². The Balaban J connectivity index is 0.00000300. The van der Waals surface area contributed by atoms with Crippen molar-refractivity contribution < 1.29 is 52.0 Å². The van der Waals surface area contributed by atoms with E-state index in [1.54, 1.807) is 7.11 Å². The van der Waals surface area contributed by atoms with Crippen LogP contribution in [0.15, 0.2) is 18.2 Å². The van der Waals surface area contributed by atoms with E-state index < -0.39 is 5.60 Å². The van der Waals surface area contributed by atoms with Crippen molar-refractivity contribution in [2.24, 2.45) is 0 Å². The summed E-state index contributed by atoms with van der Waals surface area (Å²) in [6.45, 7) is 11.1. The zero-order valence-electron chi connectivity index (χ0n) is 18.0. The minimum absolute atomic E-state index is 0. The summed E-state index contributed by atoms with van der Waals surface area (Å²) in [5, 5.41) is 0. The van der Waals surface area contributed by atoms with E-state index in [0.717, 1.165) is 57.9 Å². The Morgan fingerprint density at radius 3 is 2.24 bits per heavy atom. The van der Waals surface area contributed by atoms with Crippen LogP contribution in [0.1, 0.15) is 33.6 Å². The van der Waals surface area contributed by atoms with E-state index >= 15 is 0 Å². The summed E-state index contributed by atoms with van der Waals surface area (Å²) >= 11 is 0. The van der Waals surface area contributed by atoms with Crippen LogP contribution in [0.25, 0.3) is 0 Å². The Hall–Kier alpha value is -0.890. The minimum atomic E-state index is -0.439. The van der Waals surface area contributed by atoms with E-state index in [1.165, 1.54) is 5.69 Å². The molecule has 2 fully saturated rings. The molecule has 2 N–H and O–H groups in total. The standard InChI is InChI=1S/C21H34N4O3.Ar/c1-21(2,3)28-20(26)25-13-11-24(12-14-25)16-7-9-23(10-8-16)17-5-6-18(22)19(15-17)27-4;/h5-6,15-16H,7-14,22H2,1-4H3;. The third-order valence-corrected chi connectivity index (χ3v) is 5.53. The minimum Gasteiger partial charge on any atom is -0.495 e. The number of carbonyl (C=O) groups is 1. The van der Waals surface area contributed by atoms with Gasteiger partial charge in [-0.05, 0) is 45.7 Å². The fourth-order valence-electron chi connectivity index (χ4n) is 3.98. The molecule has 2 aliphatic heterocycles. The van der Waals surface area contributed by atoms with Crippen LogP contribution in [0, 0.1) is 37.7 Å². The summed E-state index contributed by atoms with van der Waals surface area (Å²) in [6.07, 6.45) is 2.05. The molecule has 2 saturated heterocycles. The van der Waals surface area contributed by atoms with Gasteiger partial charge in [0.05, 0.1) is 12.8 Å². The molecule has 0 unspecified atom stereocenters. The normalized spacial score (nSPS) is 18.9. The van der Waals surface area contributed by atoms with Gasteiger partial charge in [0.1, 0.15) is 11.4 Å². The van der Waals surface area contributed by atoms with Crippen LogP contribution >= 0.6 is 0 Å². The molecule has 29 heavy (non-hydrogen) atoms. The first-order chi connectivity index (χ1) is 13.3.